The molecule has 0 radical (unpaired) electrons. The van der Waals surface area contributed by atoms with Gasteiger partial charge >= 0.3 is 34.4 Å². The van der Waals surface area contributed by atoms with Gasteiger partial charge in [0, 0.05) is 38.9 Å². The van der Waals surface area contributed by atoms with Crippen LogP contribution in [0, 0.1) is 24.7 Å². The number of benzene rings is 5. The lowest BCUT2D eigenvalue weighted by molar-refractivity contribution is -0.0678. The molecule has 0 saturated carbocycles. The summed E-state index contributed by atoms with van der Waals surface area (Å²) in [6.45, 7) is 74.3. The van der Waals surface area contributed by atoms with Gasteiger partial charge in [-0.1, -0.05) is 280 Å². The summed E-state index contributed by atoms with van der Waals surface area (Å²) in [7, 11) is -3.83. The van der Waals surface area contributed by atoms with Crippen molar-refractivity contribution in [2.24, 2.45) is 10.8 Å². The van der Waals surface area contributed by atoms with E-state index in [1.807, 2.05) is 0 Å². The lowest BCUT2D eigenvalue weighted by Gasteiger charge is -2.42. The highest BCUT2D eigenvalue weighted by Crippen LogP contribution is 2.59. The van der Waals surface area contributed by atoms with Gasteiger partial charge in [0.05, 0.1) is 73.2 Å². The van der Waals surface area contributed by atoms with Gasteiger partial charge in [-0.3, -0.25) is 0 Å². The van der Waals surface area contributed by atoms with E-state index in [1.165, 1.54) is 55.6 Å². The summed E-state index contributed by atoms with van der Waals surface area (Å²) in [6, 6.07) is 28.3. The topological polar surface area (TPSA) is 120 Å². The number of aryl methyl sites for hydroxylation is 2. The first kappa shape index (κ1) is 84.2. The maximum atomic E-state index is 6.58. The molecule has 1 unspecified atom stereocenters. The van der Waals surface area contributed by atoms with Gasteiger partial charge in [0.1, 0.15) is 28.7 Å². The second-order valence-corrected chi connectivity index (χ2v) is 43.4. The Kier molecular flexibility index (Phi) is 26.4. The number of hydrogen-bond donors (Lipinski definition) is 0. The van der Waals surface area contributed by atoms with Crippen molar-refractivity contribution in [2.45, 2.75) is 276 Å². The molecule has 1 atom stereocenters. The van der Waals surface area contributed by atoms with Gasteiger partial charge in [-0.05, 0) is 103 Å². The fraction of sp³-hybridized carbons (Fsp3) is 0.634. The monoisotopic (exact) mass is 1470 g/mol. The highest BCUT2D eigenvalue weighted by atomic mass is 31.2. The van der Waals surface area contributed by atoms with E-state index in [1.54, 1.807) is 0 Å². The van der Waals surface area contributed by atoms with Gasteiger partial charge in [-0.25, -0.2) is 0 Å². The molecule has 4 aliphatic heterocycles. The molecule has 4 fully saturated rings. The fourth-order valence-corrected chi connectivity index (χ4v) is 17.0. The summed E-state index contributed by atoms with van der Waals surface area (Å²) in [5, 5.41) is 0. The molecule has 18 heteroatoms. The van der Waals surface area contributed by atoms with Gasteiger partial charge in [0.25, 0.3) is 0 Å². The van der Waals surface area contributed by atoms with Gasteiger partial charge < -0.3 is 58.8 Å². The summed E-state index contributed by atoms with van der Waals surface area (Å²) >= 11 is 0. The Morgan fingerprint density at radius 3 is 0.670 bits per heavy atom. The smallest absolute Gasteiger partial charge is 0.397 e. The predicted octanol–water partition coefficient (Wildman–Crippen LogP) is 24.8. The molecule has 4 aliphatic rings. The Hall–Kier alpha value is -3.07. The van der Waals surface area contributed by atoms with Crippen LogP contribution in [0.1, 0.15) is 274 Å². The van der Waals surface area contributed by atoms with Crippen LogP contribution in [0.5, 0.6) is 28.7 Å². The lowest BCUT2D eigenvalue weighted by atomic mass is 9.78. The van der Waals surface area contributed by atoms with Crippen molar-refractivity contribution in [2.75, 3.05) is 52.9 Å². The van der Waals surface area contributed by atoms with Crippen molar-refractivity contribution >= 4 is 43.9 Å². The van der Waals surface area contributed by atoms with Gasteiger partial charge in [0.2, 0.25) is 0 Å². The normalized spacial score (nSPS) is 22.3. The summed E-state index contributed by atoms with van der Waals surface area (Å²) < 4.78 is 80.7. The van der Waals surface area contributed by atoms with Crippen LogP contribution in [0.25, 0.3) is 0 Å². The minimum Gasteiger partial charge on any atom is -0.480 e. The highest BCUT2D eigenvalue weighted by molar-refractivity contribution is 7.43. The number of rotatable bonds is 9. The quantitative estimate of drug-likeness (QED) is 0.130. The second kappa shape index (κ2) is 31.4. The minimum atomic E-state index is -1.56. The predicted molar refractivity (Wildman–Crippen MR) is 422 cm³/mol. The summed E-state index contributed by atoms with van der Waals surface area (Å²) in [5.74, 6) is 4.33. The molecular weight excluding hydrogens is 1350 g/mol. The standard InChI is InChI=1S/C35H54O6P2.C33H50O6P2.C14H23OP/c1-23-15-25(31(3,4)5)29(26(16-23)32(6,7)8)40-42-36-19-35(20-37-42)21-38-43(39-22-35)41-30-27(33(9,10)11)17-24(2)18-28(30)34(12,13)14;1-29(2,3)23-13-15-27(25(17-23)31(7,8)9)38-40-34-19-33(20-35-40)21-36-41(37-22-33)39-28-16-14-24(30(4,5)6)18-26(28)32(10,11)12;1-13(2,3)10-7-8-12(15-16)11(9-10)14(4,5)6/h15-18H,19-22H2,1-14H3;13-18H,19-22H2,1-12H3;7-9H,16H2,1-6H3. The van der Waals surface area contributed by atoms with Crippen molar-refractivity contribution in [3.05, 3.63) is 146 Å². The number of hydrogen-bond acceptors (Lipinski definition) is 13. The molecule has 0 aromatic heterocycles. The Bertz CT molecular complexity index is 3280. The largest absolute Gasteiger partial charge is 0.480 e. The fourth-order valence-electron chi connectivity index (χ4n) is 11.7. The Morgan fingerprint density at radius 1 is 0.270 bits per heavy atom. The Labute approximate surface area is 613 Å². The van der Waals surface area contributed by atoms with Crippen LogP contribution in [0.15, 0.2) is 78.9 Å². The molecule has 4 heterocycles. The van der Waals surface area contributed by atoms with Crippen LogP contribution in [0.2, 0.25) is 0 Å². The van der Waals surface area contributed by atoms with E-state index < -0.39 is 39.8 Å². The van der Waals surface area contributed by atoms with E-state index in [0.717, 1.165) is 39.9 Å². The van der Waals surface area contributed by atoms with Crippen molar-refractivity contribution in [1.82, 2.24) is 0 Å². The molecule has 0 bridgehead atoms. The van der Waals surface area contributed by atoms with Crippen LogP contribution >= 0.6 is 43.9 Å². The van der Waals surface area contributed by atoms with Crippen molar-refractivity contribution in [1.29, 1.82) is 0 Å². The van der Waals surface area contributed by atoms with E-state index in [2.05, 4.69) is 310 Å². The third-order valence-corrected chi connectivity index (χ3v) is 22.6. The second-order valence-electron chi connectivity index (χ2n) is 38.6. The van der Waals surface area contributed by atoms with Crippen LogP contribution in [-0.2, 0) is 90.3 Å². The van der Waals surface area contributed by atoms with E-state index in [0.29, 0.717) is 52.9 Å². The Balaban J connectivity index is 0.000000231. The van der Waals surface area contributed by atoms with Crippen molar-refractivity contribution in [3.63, 3.8) is 0 Å². The molecule has 100 heavy (non-hydrogen) atoms. The van der Waals surface area contributed by atoms with Crippen LogP contribution in [-0.4, -0.2) is 52.9 Å². The first-order valence-electron chi connectivity index (χ1n) is 35.6. The molecule has 0 aliphatic carbocycles. The molecule has 4 saturated heterocycles. The Morgan fingerprint density at radius 2 is 0.470 bits per heavy atom. The zero-order chi connectivity index (χ0) is 75.2. The highest BCUT2D eigenvalue weighted by Gasteiger charge is 2.48. The molecule has 2 spiro atoms. The van der Waals surface area contributed by atoms with Gasteiger partial charge in [0.15, 0.2) is 0 Å². The average Bonchev–Trinajstić information content (AvgIpc) is 0.784. The summed E-state index contributed by atoms with van der Waals surface area (Å²) in [5.41, 5.74) is 13.7. The van der Waals surface area contributed by atoms with E-state index >= 15 is 0 Å². The molecule has 5 aromatic rings. The maximum Gasteiger partial charge on any atom is 0.397 e. The first-order valence-corrected chi connectivity index (χ1v) is 40.5. The molecular formula is C82H127O13P5. The molecule has 9 rings (SSSR count). The van der Waals surface area contributed by atoms with Crippen molar-refractivity contribution < 1.29 is 58.8 Å². The summed E-state index contributed by atoms with van der Waals surface area (Å²) in [6.07, 6.45) is 0. The molecule has 5 aromatic carbocycles. The van der Waals surface area contributed by atoms with Crippen LogP contribution in [0.4, 0.5) is 0 Å². The zero-order valence-corrected chi connectivity index (χ0v) is 72.1. The zero-order valence-electron chi connectivity index (χ0n) is 67.3. The van der Waals surface area contributed by atoms with E-state index in [4.69, 9.17) is 58.8 Å². The van der Waals surface area contributed by atoms with Gasteiger partial charge in [-0.15, -0.1) is 0 Å². The molecule has 558 valence electrons. The van der Waals surface area contributed by atoms with Crippen LogP contribution < -0.4 is 22.6 Å². The van der Waals surface area contributed by atoms with E-state index in [9.17, 15) is 0 Å². The summed E-state index contributed by atoms with van der Waals surface area (Å²) in [4.78, 5) is 0. The third-order valence-electron chi connectivity index (χ3n) is 18.3. The average molecular weight is 1480 g/mol. The molecule has 13 nitrogen and oxygen atoms in total. The lowest BCUT2D eigenvalue weighted by Crippen LogP contribution is -2.45. The van der Waals surface area contributed by atoms with Crippen molar-refractivity contribution in [3.8, 4) is 28.7 Å². The molecule has 0 amide bonds. The van der Waals surface area contributed by atoms with Gasteiger partial charge in [-0.2, -0.15) is 0 Å². The van der Waals surface area contributed by atoms with Crippen LogP contribution in [0.3, 0.4) is 0 Å². The van der Waals surface area contributed by atoms with E-state index in [-0.39, 0.29) is 59.6 Å². The minimum absolute atomic E-state index is 0.0579. The molecule has 0 N–H and O–H groups in total. The maximum absolute atomic E-state index is 6.58. The third kappa shape index (κ3) is 22.3. The SMILES string of the molecule is CC(C)(C)c1ccc(OP)c(C(C)(C)C)c1.CC(C)(C)c1ccc(OP2OCC3(CO2)COP(Oc2ccc(C(C)(C)C)cc2C(C)(C)C)OC3)c(C(C)(C)C)c1.Cc1cc(C(C)(C)C)c(OP2OCC3(CO2)COP(Oc2c(C(C)(C)C)cc(C)cc2C(C)(C)C)OC3)c(C(C)(C)C)c1. The first-order chi connectivity index (χ1) is 45.5.